The summed E-state index contributed by atoms with van der Waals surface area (Å²) in [5, 5.41) is 8.60. The summed E-state index contributed by atoms with van der Waals surface area (Å²) in [6.45, 7) is 3.96. The van der Waals surface area contributed by atoms with E-state index >= 15 is 0 Å². The summed E-state index contributed by atoms with van der Waals surface area (Å²) in [5.74, 6) is 0.143. The van der Waals surface area contributed by atoms with Crippen LogP contribution in [0.15, 0.2) is 36.9 Å². The first-order valence-electron chi connectivity index (χ1n) is 4.90. The number of aliphatic carboxylic acids is 1. The molecule has 0 aliphatic carbocycles. The molecule has 4 heteroatoms. The zero-order valence-electron chi connectivity index (χ0n) is 8.93. The molecule has 0 radical (unpaired) electrons. The third-order valence-electron chi connectivity index (χ3n) is 2.07. The van der Waals surface area contributed by atoms with E-state index in [1.54, 1.807) is 0 Å². The number of hydrogen-bond donors (Lipinski definition) is 2. The van der Waals surface area contributed by atoms with Crippen LogP contribution in [-0.4, -0.2) is 28.6 Å². The monoisotopic (exact) mass is 237 g/mol. The van der Waals surface area contributed by atoms with Crippen LogP contribution in [0.1, 0.15) is 5.56 Å². The van der Waals surface area contributed by atoms with E-state index in [9.17, 15) is 4.79 Å². The van der Waals surface area contributed by atoms with Crippen LogP contribution in [-0.2, 0) is 4.79 Å². The Morgan fingerprint density at radius 2 is 2.06 bits per heavy atom. The van der Waals surface area contributed by atoms with Gasteiger partial charge in [0.25, 0.3) is 0 Å². The molecule has 0 spiro atoms. The lowest BCUT2D eigenvalue weighted by atomic mass is 10.1. The zero-order chi connectivity index (χ0) is 12.0. The minimum absolute atomic E-state index is 0.404. The topological polar surface area (TPSA) is 63.3 Å². The Morgan fingerprint density at radius 3 is 2.62 bits per heavy atom. The Kier molecular flexibility index (Phi) is 5.08. The van der Waals surface area contributed by atoms with Gasteiger partial charge in [0, 0.05) is 11.5 Å². The fourth-order valence-corrected chi connectivity index (χ4v) is 2.06. The zero-order valence-corrected chi connectivity index (χ0v) is 9.74. The van der Waals surface area contributed by atoms with Crippen molar-refractivity contribution in [2.24, 2.45) is 5.73 Å². The largest absolute Gasteiger partial charge is 0.480 e. The van der Waals surface area contributed by atoms with Gasteiger partial charge in [-0.25, -0.2) is 0 Å². The second kappa shape index (κ2) is 6.35. The first kappa shape index (κ1) is 12.8. The molecular weight excluding hydrogens is 222 g/mol. The maximum Gasteiger partial charge on any atom is 0.321 e. The van der Waals surface area contributed by atoms with Crippen LogP contribution >= 0.6 is 11.8 Å². The van der Waals surface area contributed by atoms with Gasteiger partial charge >= 0.3 is 5.97 Å². The SMILES string of the molecule is C=C(CSC[C@H](N)C(=O)O)c1ccccc1. The number of carboxylic acids is 1. The highest BCUT2D eigenvalue weighted by Crippen LogP contribution is 2.17. The van der Waals surface area contributed by atoms with E-state index in [4.69, 9.17) is 10.8 Å². The lowest BCUT2D eigenvalue weighted by Gasteiger charge is -2.08. The van der Waals surface area contributed by atoms with Gasteiger partial charge in [0.15, 0.2) is 0 Å². The fourth-order valence-electron chi connectivity index (χ4n) is 1.14. The van der Waals surface area contributed by atoms with E-state index in [2.05, 4.69) is 6.58 Å². The number of rotatable bonds is 6. The maximum absolute atomic E-state index is 10.5. The molecule has 1 rings (SSSR count). The summed E-state index contributed by atoms with van der Waals surface area (Å²) in [4.78, 5) is 10.5. The first-order chi connectivity index (χ1) is 7.61. The third-order valence-corrected chi connectivity index (χ3v) is 3.22. The highest BCUT2D eigenvalue weighted by atomic mass is 32.2. The Labute approximate surface area is 99.4 Å². The Morgan fingerprint density at radius 1 is 1.44 bits per heavy atom. The summed E-state index contributed by atoms with van der Waals surface area (Å²) in [6, 6.07) is 9.03. The molecule has 0 saturated carbocycles. The van der Waals surface area contributed by atoms with Crippen molar-refractivity contribution >= 4 is 23.3 Å². The van der Waals surface area contributed by atoms with Crippen LogP contribution in [0.25, 0.3) is 5.57 Å². The average molecular weight is 237 g/mol. The number of carbonyl (C=O) groups is 1. The van der Waals surface area contributed by atoms with E-state index in [1.807, 2.05) is 30.3 Å². The van der Waals surface area contributed by atoms with Crippen LogP contribution in [0.4, 0.5) is 0 Å². The van der Waals surface area contributed by atoms with Gasteiger partial charge in [-0.1, -0.05) is 36.9 Å². The smallest absolute Gasteiger partial charge is 0.321 e. The standard InChI is InChI=1S/C12H15NO2S/c1-9(10-5-3-2-4-6-10)7-16-8-11(13)12(14)15/h2-6,11H,1,7-8,13H2,(H,14,15)/t11-/m0/s1. The molecule has 3 nitrogen and oxygen atoms in total. The number of thioether (sulfide) groups is 1. The van der Waals surface area contributed by atoms with Crippen molar-refractivity contribution in [3.8, 4) is 0 Å². The molecule has 0 fully saturated rings. The normalized spacial score (nSPS) is 12.1. The van der Waals surface area contributed by atoms with Crippen molar-refractivity contribution in [3.63, 3.8) is 0 Å². The molecule has 0 aliphatic rings. The van der Waals surface area contributed by atoms with E-state index in [0.717, 1.165) is 11.1 Å². The third kappa shape index (κ3) is 4.08. The molecule has 16 heavy (non-hydrogen) atoms. The van der Waals surface area contributed by atoms with Crippen molar-refractivity contribution in [1.82, 2.24) is 0 Å². The lowest BCUT2D eigenvalue weighted by Crippen LogP contribution is -2.32. The summed E-state index contributed by atoms with van der Waals surface area (Å²) in [5.41, 5.74) is 7.46. The summed E-state index contributed by atoms with van der Waals surface area (Å²) in [7, 11) is 0. The Balaban J connectivity index is 2.34. The minimum atomic E-state index is -0.960. The number of carboxylic acid groups (broad SMARTS) is 1. The fraction of sp³-hybridized carbons (Fsp3) is 0.250. The quantitative estimate of drug-likeness (QED) is 0.792. The van der Waals surface area contributed by atoms with Gasteiger partial charge in [-0.3, -0.25) is 4.79 Å². The molecule has 0 unspecified atom stereocenters. The molecule has 1 aromatic carbocycles. The van der Waals surface area contributed by atoms with Crippen molar-refractivity contribution in [1.29, 1.82) is 0 Å². The molecule has 0 amide bonds. The molecule has 0 saturated heterocycles. The predicted molar refractivity (Wildman–Crippen MR) is 68.4 cm³/mol. The van der Waals surface area contributed by atoms with Crippen molar-refractivity contribution in [2.75, 3.05) is 11.5 Å². The molecule has 0 aliphatic heterocycles. The molecule has 1 atom stereocenters. The van der Waals surface area contributed by atoms with Crippen molar-refractivity contribution in [2.45, 2.75) is 6.04 Å². The molecule has 0 heterocycles. The van der Waals surface area contributed by atoms with E-state index in [1.165, 1.54) is 11.8 Å². The molecule has 86 valence electrons. The molecular formula is C12H15NO2S. The second-order valence-electron chi connectivity index (χ2n) is 3.43. The highest BCUT2D eigenvalue weighted by Gasteiger charge is 2.11. The molecule has 3 N–H and O–H groups in total. The van der Waals surface area contributed by atoms with Crippen LogP contribution < -0.4 is 5.73 Å². The average Bonchev–Trinajstić information content (AvgIpc) is 2.29. The predicted octanol–water partition coefficient (Wildman–Crippen LogP) is 1.84. The second-order valence-corrected chi connectivity index (χ2v) is 4.46. The summed E-state index contributed by atoms with van der Waals surface area (Å²) >= 11 is 1.49. The van der Waals surface area contributed by atoms with Gasteiger partial charge in [0.05, 0.1) is 0 Å². The van der Waals surface area contributed by atoms with E-state index < -0.39 is 12.0 Å². The van der Waals surface area contributed by atoms with Gasteiger partial charge in [0.2, 0.25) is 0 Å². The molecule has 1 aromatic rings. The van der Waals surface area contributed by atoms with Crippen LogP contribution in [0, 0.1) is 0 Å². The Hall–Kier alpha value is -1.26. The number of hydrogen-bond acceptors (Lipinski definition) is 3. The van der Waals surface area contributed by atoms with Crippen molar-refractivity contribution in [3.05, 3.63) is 42.5 Å². The van der Waals surface area contributed by atoms with Crippen molar-refractivity contribution < 1.29 is 9.90 Å². The van der Waals surface area contributed by atoms with Gasteiger partial charge in [-0.05, 0) is 11.1 Å². The summed E-state index contributed by atoms with van der Waals surface area (Å²) < 4.78 is 0. The Bertz CT molecular complexity index is 365. The van der Waals surface area contributed by atoms with Crippen LogP contribution in [0.2, 0.25) is 0 Å². The molecule has 0 bridgehead atoms. The number of benzene rings is 1. The van der Waals surface area contributed by atoms with Gasteiger partial charge in [-0.15, -0.1) is 0 Å². The first-order valence-corrected chi connectivity index (χ1v) is 6.06. The van der Waals surface area contributed by atoms with Gasteiger partial charge in [-0.2, -0.15) is 11.8 Å². The summed E-state index contributed by atoms with van der Waals surface area (Å²) in [6.07, 6.45) is 0. The lowest BCUT2D eigenvalue weighted by molar-refractivity contribution is -0.137. The van der Waals surface area contributed by atoms with E-state index in [0.29, 0.717) is 11.5 Å². The van der Waals surface area contributed by atoms with Crippen LogP contribution in [0.3, 0.4) is 0 Å². The van der Waals surface area contributed by atoms with Crippen LogP contribution in [0.5, 0.6) is 0 Å². The highest BCUT2D eigenvalue weighted by molar-refractivity contribution is 7.99. The van der Waals surface area contributed by atoms with Gasteiger partial charge < -0.3 is 10.8 Å². The maximum atomic E-state index is 10.5. The number of nitrogens with two attached hydrogens (primary N) is 1. The van der Waals surface area contributed by atoms with E-state index in [-0.39, 0.29) is 0 Å². The minimum Gasteiger partial charge on any atom is -0.480 e. The van der Waals surface area contributed by atoms with Gasteiger partial charge in [0.1, 0.15) is 6.04 Å². The molecule has 0 aromatic heterocycles.